The highest BCUT2D eigenvalue weighted by Gasteiger charge is 2.15. The molecule has 2 aliphatic heterocycles. The maximum Gasteiger partial charge on any atom is 0.231 e. The predicted molar refractivity (Wildman–Crippen MR) is 125 cm³/mol. The lowest BCUT2D eigenvalue weighted by molar-refractivity contribution is 0.173. The van der Waals surface area contributed by atoms with Gasteiger partial charge in [-0.05, 0) is 82.9 Å². The molecule has 0 fully saturated rings. The lowest BCUT2D eigenvalue weighted by Crippen LogP contribution is -1.97. The molecular formula is C26H20N2O4. The summed E-state index contributed by atoms with van der Waals surface area (Å²) in [5.41, 5.74) is 3.71. The van der Waals surface area contributed by atoms with Crippen molar-refractivity contribution in [3.63, 3.8) is 0 Å². The second-order valence-electron chi connectivity index (χ2n) is 7.91. The molecule has 0 N–H and O–H groups in total. The maximum atomic E-state index is 5.50. The Balaban J connectivity index is 1.30. The molecule has 0 bridgehead atoms. The number of hydrogen-bond acceptors (Lipinski definition) is 6. The minimum absolute atomic E-state index is 0.269. The molecule has 0 aliphatic carbocycles. The van der Waals surface area contributed by atoms with E-state index in [9.17, 15) is 0 Å². The van der Waals surface area contributed by atoms with Crippen LogP contribution in [0.15, 0.2) is 70.9 Å². The molecule has 0 atom stereocenters. The second kappa shape index (κ2) is 7.27. The first-order valence-electron chi connectivity index (χ1n) is 10.4. The van der Waals surface area contributed by atoms with E-state index < -0.39 is 0 Å². The third kappa shape index (κ3) is 3.21. The number of rotatable bonds is 3. The van der Waals surface area contributed by atoms with Gasteiger partial charge in [-0.1, -0.05) is 24.3 Å². The molecule has 0 amide bonds. The zero-order valence-electron chi connectivity index (χ0n) is 17.7. The van der Waals surface area contributed by atoms with Crippen LogP contribution in [-0.4, -0.2) is 25.0 Å². The van der Waals surface area contributed by atoms with Crippen molar-refractivity contribution in [3.8, 4) is 23.0 Å². The van der Waals surface area contributed by atoms with Gasteiger partial charge in [0, 0.05) is 0 Å². The van der Waals surface area contributed by atoms with Gasteiger partial charge < -0.3 is 18.9 Å². The maximum absolute atomic E-state index is 5.50. The van der Waals surface area contributed by atoms with E-state index in [4.69, 9.17) is 18.9 Å². The van der Waals surface area contributed by atoms with Gasteiger partial charge in [-0.25, -0.2) is 0 Å². The van der Waals surface area contributed by atoms with Crippen molar-refractivity contribution in [1.82, 2.24) is 0 Å². The fourth-order valence-corrected chi connectivity index (χ4v) is 3.99. The van der Waals surface area contributed by atoms with E-state index in [0.29, 0.717) is 0 Å². The van der Waals surface area contributed by atoms with Crippen LogP contribution >= 0.6 is 0 Å². The van der Waals surface area contributed by atoms with Gasteiger partial charge in [0.1, 0.15) is 0 Å². The van der Waals surface area contributed by atoms with Crippen molar-refractivity contribution in [3.05, 3.63) is 71.8 Å². The van der Waals surface area contributed by atoms with Gasteiger partial charge in [0.25, 0.3) is 0 Å². The van der Waals surface area contributed by atoms with Crippen LogP contribution in [0.4, 0.5) is 0 Å². The lowest BCUT2D eigenvalue weighted by atomic mass is 10.0. The summed E-state index contributed by atoms with van der Waals surface area (Å²) in [7, 11) is 0. The SMILES string of the molecule is CC(=NN=C(C)c1ccc2cc3c(cc2c1)OCO3)c1ccc2cc3c(cc2c1)OCO3. The van der Waals surface area contributed by atoms with Gasteiger partial charge in [0.05, 0.1) is 11.4 Å². The lowest BCUT2D eigenvalue weighted by Gasteiger charge is -2.06. The molecule has 0 spiro atoms. The van der Waals surface area contributed by atoms with Crippen LogP contribution in [0, 0.1) is 0 Å². The third-order valence-electron chi connectivity index (χ3n) is 5.85. The van der Waals surface area contributed by atoms with E-state index in [-0.39, 0.29) is 13.6 Å². The summed E-state index contributed by atoms with van der Waals surface area (Å²) in [6.45, 7) is 4.47. The average molecular weight is 424 g/mol. The highest BCUT2D eigenvalue weighted by atomic mass is 16.7. The van der Waals surface area contributed by atoms with Crippen LogP contribution in [0.2, 0.25) is 0 Å². The molecule has 0 saturated heterocycles. The molecule has 6 rings (SSSR count). The summed E-state index contributed by atoms with van der Waals surface area (Å²) in [4.78, 5) is 0. The van der Waals surface area contributed by atoms with Crippen molar-refractivity contribution < 1.29 is 18.9 Å². The number of fused-ring (bicyclic) bond motifs is 4. The van der Waals surface area contributed by atoms with Gasteiger partial charge >= 0.3 is 0 Å². The Morgan fingerprint density at radius 3 is 1.31 bits per heavy atom. The summed E-state index contributed by atoms with van der Waals surface area (Å²) < 4.78 is 21.9. The summed E-state index contributed by atoms with van der Waals surface area (Å²) in [5, 5.41) is 13.3. The number of nitrogens with zero attached hydrogens (tertiary/aromatic N) is 2. The monoisotopic (exact) mass is 424 g/mol. The fraction of sp³-hybridized carbons (Fsp3) is 0.154. The van der Waals surface area contributed by atoms with Crippen LogP contribution < -0.4 is 18.9 Å². The standard InChI is InChI=1S/C26H20N2O4/c1-15(17-3-5-19-9-23-25(31-13-29-23)11-21(19)7-17)27-28-16(2)18-4-6-20-10-24-26(32-14-30-24)12-22(20)8-18/h3-12H,13-14H2,1-2H3. The van der Waals surface area contributed by atoms with E-state index in [2.05, 4.69) is 34.5 Å². The van der Waals surface area contributed by atoms with Crippen molar-refractivity contribution in [2.75, 3.05) is 13.6 Å². The smallest absolute Gasteiger partial charge is 0.231 e. The van der Waals surface area contributed by atoms with Crippen LogP contribution in [0.1, 0.15) is 25.0 Å². The largest absolute Gasteiger partial charge is 0.454 e. The highest BCUT2D eigenvalue weighted by Crippen LogP contribution is 2.37. The summed E-state index contributed by atoms with van der Waals surface area (Å²) >= 11 is 0. The summed E-state index contributed by atoms with van der Waals surface area (Å²) in [6.07, 6.45) is 0. The Bertz CT molecular complexity index is 1340. The van der Waals surface area contributed by atoms with E-state index in [1.165, 1.54) is 0 Å². The third-order valence-corrected chi connectivity index (χ3v) is 5.85. The van der Waals surface area contributed by atoms with E-state index >= 15 is 0 Å². The van der Waals surface area contributed by atoms with Crippen LogP contribution in [0.3, 0.4) is 0 Å². The van der Waals surface area contributed by atoms with E-state index in [1.807, 2.05) is 50.2 Å². The molecule has 6 heteroatoms. The number of ether oxygens (including phenoxy) is 4. The Kier molecular flexibility index (Phi) is 4.24. The first-order valence-corrected chi connectivity index (χ1v) is 10.4. The molecule has 0 aromatic heterocycles. The molecule has 4 aromatic rings. The minimum atomic E-state index is 0.269. The van der Waals surface area contributed by atoms with Crippen molar-refractivity contribution in [1.29, 1.82) is 0 Å². The Labute approximate surface area is 184 Å². The quantitative estimate of drug-likeness (QED) is 0.313. The molecule has 0 radical (unpaired) electrons. The Hall–Kier alpha value is -4.06. The summed E-state index contributed by atoms with van der Waals surface area (Å²) in [5.74, 6) is 3.12. The fourth-order valence-electron chi connectivity index (χ4n) is 3.99. The zero-order chi connectivity index (χ0) is 21.7. The van der Waals surface area contributed by atoms with E-state index in [1.54, 1.807) is 0 Å². The van der Waals surface area contributed by atoms with Gasteiger partial charge in [-0.3, -0.25) is 0 Å². The second-order valence-corrected chi connectivity index (χ2v) is 7.91. The minimum Gasteiger partial charge on any atom is -0.454 e. The Morgan fingerprint density at radius 2 is 0.906 bits per heavy atom. The molecule has 6 nitrogen and oxygen atoms in total. The molecule has 158 valence electrons. The Morgan fingerprint density at radius 1 is 0.531 bits per heavy atom. The van der Waals surface area contributed by atoms with Gasteiger partial charge in [-0.15, -0.1) is 0 Å². The topological polar surface area (TPSA) is 61.6 Å². The van der Waals surface area contributed by atoms with Gasteiger partial charge in [0.2, 0.25) is 13.6 Å². The first-order chi connectivity index (χ1) is 15.6. The zero-order valence-corrected chi connectivity index (χ0v) is 17.7. The number of benzene rings is 4. The molecular weight excluding hydrogens is 404 g/mol. The van der Waals surface area contributed by atoms with Crippen molar-refractivity contribution in [2.24, 2.45) is 10.2 Å². The van der Waals surface area contributed by atoms with Crippen LogP contribution in [0.5, 0.6) is 23.0 Å². The van der Waals surface area contributed by atoms with Crippen LogP contribution in [-0.2, 0) is 0 Å². The first kappa shape index (κ1) is 18.7. The van der Waals surface area contributed by atoms with Crippen LogP contribution in [0.25, 0.3) is 21.5 Å². The van der Waals surface area contributed by atoms with E-state index in [0.717, 1.165) is 67.1 Å². The van der Waals surface area contributed by atoms with Gasteiger partial charge in [0.15, 0.2) is 23.0 Å². The average Bonchev–Trinajstić information content (AvgIpc) is 3.46. The molecule has 32 heavy (non-hydrogen) atoms. The molecule has 4 aromatic carbocycles. The number of hydrogen-bond donors (Lipinski definition) is 0. The van der Waals surface area contributed by atoms with Crippen molar-refractivity contribution in [2.45, 2.75) is 13.8 Å². The summed E-state index contributed by atoms with van der Waals surface area (Å²) in [6, 6.07) is 20.4. The molecule has 0 unspecified atom stereocenters. The molecule has 2 heterocycles. The predicted octanol–water partition coefficient (Wildman–Crippen LogP) is 5.68. The highest BCUT2D eigenvalue weighted by molar-refractivity contribution is 6.05. The normalized spacial score (nSPS) is 15.1. The van der Waals surface area contributed by atoms with Crippen molar-refractivity contribution >= 4 is 33.0 Å². The van der Waals surface area contributed by atoms with Gasteiger partial charge in [-0.2, -0.15) is 10.2 Å². The molecule has 2 aliphatic rings. The molecule has 0 saturated carbocycles.